The highest BCUT2D eigenvalue weighted by Gasteiger charge is 2.14. The molecule has 1 aromatic heterocycles. The molecule has 0 spiro atoms. The van der Waals surface area contributed by atoms with E-state index in [-0.39, 0.29) is 17.0 Å². The summed E-state index contributed by atoms with van der Waals surface area (Å²) < 4.78 is 38.3. The Morgan fingerprint density at radius 3 is 2.48 bits per heavy atom. The lowest BCUT2D eigenvalue weighted by atomic mass is 10.1. The molecule has 27 heavy (non-hydrogen) atoms. The SMILES string of the molecule is Cc1cnn(-c2ccc(C(=O)Nc3ccc(F)cc3CS(C)(=O)=O)cc2)c1. The predicted molar refractivity (Wildman–Crippen MR) is 101 cm³/mol. The van der Waals surface area contributed by atoms with E-state index in [1.807, 2.05) is 13.1 Å². The van der Waals surface area contributed by atoms with Crippen molar-refractivity contribution in [1.82, 2.24) is 9.78 Å². The molecular formula is C19H18FN3O3S. The molecule has 0 atom stereocenters. The van der Waals surface area contributed by atoms with Crippen molar-refractivity contribution in [2.24, 2.45) is 0 Å². The number of aromatic nitrogens is 2. The minimum Gasteiger partial charge on any atom is -0.322 e. The van der Waals surface area contributed by atoms with Gasteiger partial charge in [0.2, 0.25) is 0 Å². The first-order valence-electron chi connectivity index (χ1n) is 8.10. The van der Waals surface area contributed by atoms with E-state index >= 15 is 0 Å². The third kappa shape index (κ3) is 4.79. The van der Waals surface area contributed by atoms with Gasteiger partial charge in [0.15, 0.2) is 9.84 Å². The van der Waals surface area contributed by atoms with Gasteiger partial charge in [0.1, 0.15) is 5.82 Å². The highest BCUT2D eigenvalue weighted by molar-refractivity contribution is 7.89. The fraction of sp³-hybridized carbons (Fsp3) is 0.158. The fourth-order valence-electron chi connectivity index (χ4n) is 2.60. The van der Waals surface area contributed by atoms with E-state index < -0.39 is 21.6 Å². The van der Waals surface area contributed by atoms with Crippen molar-refractivity contribution >= 4 is 21.4 Å². The summed E-state index contributed by atoms with van der Waals surface area (Å²) in [4.78, 5) is 12.5. The molecule has 3 rings (SSSR count). The van der Waals surface area contributed by atoms with Crippen LogP contribution < -0.4 is 5.32 Å². The molecular weight excluding hydrogens is 369 g/mol. The summed E-state index contributed by atoms with van der Waals surface area (Å²) in [6, 6.07) is 10.4. The number of halogens is 1. The minimum atomic E-state index is -3.38. The van der Waals surface area contributed by atoms with Gasteiger partial charge in [-0.3, -0.25) is 4.79 Å². The van der Waals surface area contributed by atoms with E-state index in [1.165, 1.54) is 12.1 Å². The van der Waals surface area contributed by atoms with Crippen molar-refractivity contribution in [1.29, 1.82) is 0 Å². The Hall–Kier alpha value is -3.00. The maximum atomic E-state index is 13.5. The molecule has 3 aromatic rings. The van der Waals surface area contributed by atoms with Gasteiger partial charge in [-0.05, 0) is 60.5 Å². The van der Waals surface area contributed by atoms with Gasteiger partial charge < -0.3 is 5.32 Å². The van der Waals surface area contributed by atoms with Gasteiger partial charge >= 0.3 is 0 Å². The number of sulfone groups is 1. The summed E-state index contributed by atoms with van der Waals surface area (Å²) in [5.74, 6) is -1.34. The smallest absolute Gasteiger partial charge is 0.255 e. The van der Waals surface area contributed by atoms with Crippen molar-refractivity contribution in [3.63, 3.8) is 0 Å². The standard InChI is InChI=1S/C19H18FN3O3S/c1-13-10-21-23(11-13)17-6-3-14(4-7-17)19(24)22-18-8-5-16(20)9-15(18)12-27(2,25)26/h3-11H,12H2,1-2H3,(H,22,24). The van der Waals surface area contributed by atoms with Crippen molar-refractivity contribution in [3.05, 3.63) is 77.4 Å². The quantitative estimate of drug-likeness (QED) is 0.729. The Morgan fingerprint density at radius 1 is 1.19 bits per heavy atom. The number of rotatable bonds is 5. The van der Waals surface area contributed by atoms with Crippen LogP contribution in [0.25, 0.3) is 5.69 Å². The molecule has 140 valence electrons. The van der Waals surface area contributed by atoms with Crippen LogP contribution >= 0.6 is 0 Å². The summed E-state index contributed by atoms with van der Waals surface area (Å²) in [6.07, 6.45) is 4.66. The molecule has 0 aliphatic rings. The van der Waals surface area contributed by atoms with Gasteiger partial charge in [-0.1, -0.05) is 0 Å². The van der Waals surface area contributed by atoms with E-state index in [1.54, 1.807) is 35.1 Å². The topological polar surface area (TPSA) is 81.1 Å². The number of hydrogen-bond donors (Lipinski definition) is 1. The third-order valence-electron chi connectivity index (χ3n) is 3.84. The number of nitrogens with one attached hydrogen (secondary N) is 1. The number of carbonyl (C=O) groups excluding carboxylic acids is 1. The van der Waals surface area contributed by atoms with Gasteiger partial charge in [-0.15, -0.1) is 0 Å². The number of benzene rings is 2. The summed E-state index contributed by atoms with van der Waals surface area (Å²) >= 11 is 0. The lowest BCUT2D eigenvalue weighted by Gasteiger charge is -2.11. The van der Waals surface area contributed by atoms with Crippen molar-refractivity contribution in [2.45, 2.75) is 12.7 Å². The molecule has 0 saturated carbocycles. The van der Waals surface area contributed by atoms with Crippen LogP contribution in [-0.4, -0.2) is 30.4 Å². The van der Waals surface area contributed by atoms with E-state index in [4.69, 9.17) is 0 Å². The lowest BCUT2D eigenvalue weighted by Crippen LogP contribution is -2.14. The van der Waals surface area contributed by atoms with E-state index in [0.29, 0.717) is 5.56 Å². The maximum Gasteiger partial charge on any atom is 0.255 e. The zero-order chi connectivity index (χ0) is 19.6. The molecule has 1 amide bonds. The van der Waals surface area contributed by atoms with E-state index in [0.717, 1.165) is 23.6 Å². The third-order valence-corrected chi connectivity index (χ3v) is 4.67. The average molecular weight is 387 g/mol. The molecule has 0 aliphatic carbocycles. The van der Waals surface area contributed by atoms with Crippen molar-refractivity contribution < 1.29 is 17.6 Å². The van der Waals surface area contributed by atoms with Gasteiger partial charge in [-0.25, -0.2) is 17.5 Å². The maximum absolute atomic E-state index is 13.5. The zero-order valence-electron chi connectivity index (χ0n) is 14.8. The highest BCUT2D eigenvalue weighted by Crippen LogP contribution is 2.21. The number of nitrogens with zero attached hydrogens (tertiary/aromatic N) is 2. The van der Waals surface area contributed by atoms with Crippen LogP contribution in [0.1, 0.15) is 21.5 Å². The van der Waals surface area contributed by atoms with Gasteiger partial charge in [-0.2, -0.15) is 5.10 Å². The molecule has 0 saturated heterocycles. The van der Waals surface area contributed by atoms with E-state index in [9.17, 15) is 17.6 Å². The summed E-state index contributed by atoms with van der Waals surface area (Å²) in [5, 5.41) is 6.85. The number of amides is 1. The van der Waals surface area contributed by atoms with Crippen LogP contribution in [0.2, 0.25) is 0 Å². The lowest BCUT2D eigenvalue weighted by molar-refractivity contribution is 0.102. The fourth-order valence-corrected chi connectivity index (χ4v) is 3.40. The Labute approximate surface area is 156 Å². The van der Waals surface area contributed by atoms with Crippen LogP contribution in [0.15, 0.2) is 54.9 Å². The molecule has 8 heteroatoms. The minimum absolute atomic E-state index is 0.203. The molecule has 0 fully saturated rings. The molecule has 0 aliphatic heterocycles. The normalized spacial score (nSPS) is 11.4. The average Bonchev–Trinajstić information content (AvgIpc) is 3.02. The number of anilines is 1. The van der Waals surface area contributed by atoms with Crippen LogP contribution in [0.5, 0.6) is 0 Å². The largest absolute Gasteiger partial charge is 0.322 e. The Kier molecular flexibility index (Phi) is 5.09. The number of aryl methyl sites for hydroxylation is 1. The monoisotopic (exact) mass is 387 g/mol. The first kappa shape index (κ1) is 18.8. The Balaban J connectivity index is 1.81. The molecule has 0 bridgehead atoms. The predicted octanol–water partition coefficient (Wildman–Crippen LogP) is 3.12. The van der Waals surface area contributed by atoms with Gasteiger partial charge in [0.25, 0.3) is 5.91 Å². The Bertz CT molecular complexity index is 1090. The molecule has 6 nitrogen and oxygen atoms in total. The molecule has 0 radical (unpaired) electrons. The van der Waals surface area contributed by atoms with Crippen LogP contribution in [0, 0.1) is 12.7 Å². The first-order chi connectivity index (χ1) is 12.7. The summed E-state index contributed by atoms with van der Waals surface area (Å²) in [5.41, 5.74) is 2.68. The zero-order valence-corrected chi connectivity index (χ0v) is 15.6. The second-order valence-electron chi connectivity index (χ2n) is 6.33. The highest BCUT2D eigenvalue weighted by atomic mass is 32.2. The Morgan fingerprint density at radius 2 is 1.89 bits per heavy atom. The van der Waals surface area contributed by atoms with Crippen LogP contribution in [0.3, 0.4) is 0 Å². The van der Waals surface area contributed by atoms with Crippen LogP contribution in [0.4, 0.5) is 10.1 Å². The van der Waals surface area contributed by atoms with Crippen LogP contribution in [-0.2, 0) is 15.6 Å². The number of carbonyl (C=O) groups is 1. The molecule has 2 aromatic carbocycles. The molecule has 1 N–H and O–H groups in total. The second kappa shape index (κ2) is 7.32. The van der Waals surface area contributed by atoms with Crippen molar-refractivity contribution in [2.75, 3.05) is 11.6 Å². The summed E-state index contributed by atoms with van der Waals surface area (Å²) in [6.45, 7) is 1.93. The van der Waals surface area contributed by atoms with Gasteiger partial charge in [0, 0.05) is 23.7 Å². The summed E-state index contributed by atoms with van der Waals surface area (Å²) in [7, 11) is -3.38. The molecule has 1 heterocycles. The van der Waals surface area contributed by atoms with E-state index in [2.05, 4.69) is 10.4 Å². The van der Waals surface area contributed by atoms with Crippen molar-refractivity contribution in [3.8, 4) is 5.69 Å². The first-order valence-corrected chi connectivity index (χ1v) is 10.2. The second-order valence-corrected chi connectivity index (χ2v) is 8.47. The van der Waals surface area contributed by atoms with Gasteiger partial charge in [0.05, 0.1) is 17.6 Å². The molecule has 0 unspecified atom stereocenters. The number of hydrogen-bond acceptors (Lipinski definition) is 4.